The summed E-state index contributed by atoms with van der Waals surface area (Å²) in [5.41, 5.74) is 6.37. The van der Waals surface area contributed by atoms with Crippen molar-refractivity contribution in [1.82, 2.24) is 9.97 Å². The van der Waals surface area contributed by atoms with Crippen molar-refractivity contribution >= 4 is 11.9 Å². The van der Waals surface area contributed by atoms with Crippen LogP contribution in [0.1, 0.15) is 26.0 Å². The fourth-order valence-corrected chi connectivity index (χ4v) is 1.79. The van der Waals surface area contributed by atoms with Crippen molar-refractivity contribution in [1.29, 1.82) is 0 Å². The number of carbonyl (C=O) groups excluding carboxylic acids is 1. The number of carbonyl (C=O) groups is 1. The highest BCUT2D eigenvalue weighted by Gasteiger charge is 2.19. The second-order valence-corrected chi connectivity index (χ2v) is 4.93. The van der Waals surface area contributed by atoms with E-state index in [-0.39, 0.29) is 17.8 Å². The number of anilines is 1. The highest BCUT2D eigenvalue weighted by Crippen LogP contribution is 2.15. The molecule has 1 rings (SSSR count). The second-order valence-electron chi connectivity index (χ2n) is 4.93. The predicted molar refractivity (Wildman–Crippen MR) is 74.0 cm³/mol. The summed E-state index contributed by atoms with van der Waals surface area (Å²) < 4.78 is 5.04. The number of ether oxygens (including phenoxy) is 1. The topological polar surface area (TPSA) is 90.1 Å². The van der Waals surface area contributed by atoms with E-state index in [0.717, 1.165) is 12.1 Å². The Labute approximate surface area is 113 Å². The molecule has 0 fully saturated rings. The maximum Gasteiger partial charge on any atom is 0.232 e. The molecule has 1 aromatic heterocycles. The van der Waals surface area contributed by atoms with Crippen LogP contribution in [0.25, 0.3) is 0 Å². The average Bonchev–Trinajstić information content (AvgIpc) is 2.34. The Bertz CT molecular complexity index is 435. The number of nitrogens with one attached hydrogen (secondary N) is 1. The molecule has 1 heterocycles. The van der Waals surface area contributed by atoms with E-state index >= 15 is 0 Å². The van der Waals surface area contributed by atoms with Crippen LogP contribution in [0, 0.1) is 18.8 Å². The Morgan fingerprint density at radius 1 is 1.47 bits per heavy atom. The minimum Gasteiger partial charge on any atom is -0.481 e. The van der Waals surface area contributed by atoms with Crippen LogP contribution in [-0.2, 0) is 4.79 Å². The van der Waals surface area contributed by atoms with Crippen LogP contribution in [0.5, 0.6) is 5.88 Å². The SMILES string of the molecule is COc1cc(C)nc(NC(=O)C(CN)CC(C)C)n1. The Morgan fingerprint density at radius 2 is 2.16 bits per heavy atom. The standard InChI is InChI=1S/C13H22N4O2/c1-8(2)5-10(7-14)12(18)17-13-15-9(3)6-11(16-13)19-4/h6,8,10H,5,7,14H2,1-4H3,(H,15,16,17,18). The molecule has 0 saturated carbocycles. The van der Waals surface area contributed by atoms with Crippen LogP contribution in [-0.4, -0.2) is 29.5 Å². The summed E-state index contributed by atoms with van der Waals surface area (Å²) >= 11 is 0. The van der Waals surface area contributed by atoms with Crippen LogP contribution in [0.4, 0.5) is 5.95 Å². The first kappa shape index (κ1) is 15.4. The maximum absolute atomic E-state index is 12.1. The number of rotatable bonds is 6. The van der Waals surface area contributed by atoms with Gasteiger partial charge in [-0.15, -0.1) is 0 Å². The molecule has 19 heavy (non-hydrogen) atoms. The third-order valence-electron chi connectivity index (χ3n) is 2.69. The van der Waals surface area contributed by atoms with E-state index in [9.17, 15) is 4.79 Å². The Hall–Kier alpha value is -1.69. The molecule has 6 nitrogen and oxygen atoms in total. The summed E-state index contributed by atoms with van der Waals surface area (Å²) in [6, 6.07) is 1.70. The first-order valence-corrected chi connectivity index (χ1v) is 6.36. The van der Waals surface area contributed by atoms with Gasteiger partial charge in [-0.3, -0.25) is 10.1 Å². The molecular formula is C13H22N4O2. The number of hydrogen-bond donors (Lipinski definition) is 2. The van der Waals surface area contributed by atoms with Gasteiger partial charge in [-0.2, -0.15) is 4.98 Å². The number of methoxy groups -OCH3 is 1. The quantitative estimate of drug-likeness (QED) is 0.811. The van der Waals surface area contributed by atoms with Crippen molar-refractivity contribution in [3.05, 3.63) is 11.8 Å². The summed E-state index contributed by atoms with van der Waals surface area (Å²) in [6.07, 6.45) is 0.741. The van der Waals surface area contributed by atoms with Gasteiger partial charge in [0.2, 0.25) is 17.7 Å². The summed E-state index contributed by atoms with van der Waals surface area (Å²) in [5.74, 6) is 0.714. The fourth-order valence-electron chi connectivity index (χ4n) is 1.79. The summed E-state index contributed by atoms with van der Waals surface area (Å²) in [6.45, 7) is 6.24. The van der Waals surface area contributed by atoms with Crippen molar-refractivity contribution in [3.63, 3.8) is 0 Å². The lowest BCUT2D eigenvalue weighted by molar-refractivity contribution is -0.120. The number of nitrogens with two attached hydrogens (primary N) is 1. The first-order chi connectivity index (χ1) is 8.96. The largest absolute Gasteiger partial charge is 0.481 e. The van der Waals surface area contributed by atoms with Crippen molar-refractivity contribution in [2.24, 2.45) is 17.6 Å². The zero-order valence-electron chi connectivity index (χ0n) is 11.9. The van der Waals surface area contributed by atoms with E-state index in [1.807, 2.05) is 6.92 Å². The van der Waals surface area contributed by atoms with Gasteiger partial charge in [0.25, 0.3) is 0 Å². The molecule has 1 aromatic rings. The molecule has 0 radical (unpaired) electrons. The highest BCUT2D eigenvalue weighted by atomic mass is 16.5. The van der Waals surface area contributed by atoms with Crippen LogP contribution in [0.15, 0.2) is 6.07 Å². The minimum atomic E-state index is -0.227. The molecule has 1 unspecified atom stereocenters. The van der Waals surface area contributed by atoms with Gasteiger partial charge in [-0.25, -0.2) is 4.98 Å². The van der Waals surface area contributed by atoms with Gasteiger partial charge in [-0.05, 0) is 19.3 Å². The van der Waals surface area contributed by atoms with Gasteiger partial charge >= 0.3 is 0 Å². The van der Waals surface area contributed by atoms with Gasteiger partial charge in [-0.1, -0.05) is 13.8 Å². The molecule has 6 heteroatoms. The number of amides is 1. The number of hydrogen-bond acceptors (Lipinski definition) is 5. The Kier molecular flexibility index (Phi) is 5.69. The average molecular weight is 266 g/mol. The lowest BCUT2D eigenvalue weighted by Crippen LogP contribution is -2.31. The van der Waals surface area contributed by atoms with Crippen molar-refractivity contribution < 1.29 is 9.53 Å². The van der Waals surface area contributed by atoms with E-state index in [0.29, 0.717) is 18.3 Å². The van der Waals surface area contributed by atoms with Crippen molar-refractivity contribution in [2.45, 2.75) is 27.2 Å². The van der Waals surface area contributed by atoms with Crippen LogP contribution in [0.3, 0.4) is 0 Å². The Balaban J connectivity index is 2.77. The predicted octanol–water partition coefficient (Wildman–Crippen LogP) is 1.35. The third-order valence-corrected chi connectivity index (χ3v) is 2.69. The summed E-state index contributed by atoms with van der Waals surface area (Å²) in [5, 5.41) is 2.69. The molecule has 0 aliphatic carbocycles. The van der Waals surface area contributed by atoms with Crippen LogP contribution in [0.2, 0.25) is 0 Å². The van der Waals surface area contributed by atoms with E-state index in [4.69, 9.17) is 10.5 Å². The summed E-state index contributed by atoms with van der Waals surface area (Å²) in [4.78, 5) is 20.3. The van der Waals surface area contributed by atoms with Crippen molar-refractivity contribution in [3.8, 4) is 5.88 Å². The number of aromatic nitrogens is 2. The lowest BCUT2D eigenvalue weighted by atomic mass is 9.96. The van der Waals surface area contributed by atoms with E-state index in [1.165, 1.54) is 7.11 Å². The molecule has 0 saturated heterocycles. The Morgan fingerprint density at radius 3 is 2.68 bits per heavy atom. The van der Waals surface area contributed by atoms with Gasteiger partial charge in [0.15, 0.2) is 0 Å². The number of nitrogens with zero attached hydrogens (tertiary/aromatic N) is 2. The third kappa shape index (κ3) is 4.82. The van der Waals surface area contributed by atoms with E-state index < -0.39 is 0 Å². The zero-order valence-corrected chi connectivity index (χ0v) is 11.9. The molecule has 106 valence electrons. The monoisotopic (exact) mass is 266 g/mol. The van der Waals surface area contributed by atoms with Gasteiger partial charge in [0, 0.05) is 18.3 Å². The molecule has 0 bridgehead atoms. The molecule has 3 N–H and O–H groups in total. The zero-order chi connectivity index (χ0) is 14.4. The minimum absolute atomic E-state index is 0.149. The molecule has 0 aliphatic heterocycles. The molecule has 1 amide bonds. The second kappa shape index (κ2) is 7.04. The molecule has 1 atom stereocenters. The van der Waals surface area contributed by atoms with E-state index in [1.54, 1.807) is 6.07 Å². The molecule has 0 spiro atoms. The number of aryl methyl sites for hydroxylation is 1. The smallest absolute Gasteiger partial charge is 0.232 e. The fraction of sp³-hybridized carbons (Fsp3) is 0.615. The molecule has 0 aromatic carbocycles. The van der Waals surface area contributed by atoms with Gasteiger partial charge in [0.05, 0.1) is 13.0 Å². The normalized spacial score (nSPS) is 12.3. The lowest BCUT2D eigenvalue weighted by Gasteiger charge is -2.16. The highest BCUT2D eigenvalue weighted by molar-refractivity contribution is 5.91. The summed E-state index contributed by atoms with van der Waals surface area (Å²) in [7, 11) is 1.52. The maximum atomic E-state index is 12.1. The van der Waals surface area contributed by atoms with Gasteiger partial charge < -0.3 is 10.5 Å². The molecular weight excluding hydrogens is 244 g/mol. The van der Waals surface area contributed by atoms with Crippen LogP contribution < -0.4 is 15.8 Å². The first-order valence-electron chi connectivity index (χ1n) is 6.36. The van der Waals surface area contributed by atoms with E-state index in [2.05, 4.69) is 29.1 Å². The van der Waals surface area contributed by atoms with Crippen molar-refractivity contribution in [2.75, 3.05) is 19.0 Å². The van der Waals surface area contributed by atoms with Gasteiger partial charge in [0.1, 0.15) is 0 Å². The molecule has 0 aliphatic rings. The van der Waals surface area contributed by atoms with Crippen LogP contribution >= 0.6 is 0 Å².